The SMILES string of the molecule is CC(C)(C)c1ccc2onc(C(=O)Nc3cnn(Cc4cccc(F)c4)c3Cl)c2c1. The van der Waals surface area contributed by atoms with Crippen molar-refractivity contribution in [2.24, 2.45) is 0 Å². The molecule has 0 aliphatic rings. The van der Waals surface area contributed by atoms with E-state index in [1.807, 2.05) is 18.2 Å². The Bertz CT molecular complexity index is 1240. The van der Waals surface area contributed by atoms with Crippen LogP contribution in [0.25, 0.3) is 11.0 Å². The molecule has 0 radical (unpaired) electrons. The van der Waals surface area contributed by atoms with Gasteiger partial charge in [-0.1, -0.05) is 55.7 Å². The van der Waals surface area contributed by atoms with Gasteiger partial charge < -0.3 is 9.84 Å². The van der Waals surface area contributed by atoms with Crippen molar-refractivity contribution in [1.29, 1.82) is 0 Å². The molecule has 2 aromatic heterocycles. The molecule has 4 aromatic rings. The van der Waals surface area contributed by atoms with Crippen LogP contribution < -0.4 is 5.32 Å². The molecule has 0 bridgehead atoms. The third kappa shape index (κ3) is 3.93. The third-order valence-electron chi connectivity index (χ3n) is 4.80. The van der Waals surface area contributed by atoms with Crippen molar-refractivity contribution in [2.75, 3.05) is 5.32 Å². The maximum atomic E-state index is 13.4. The molecule has 0 aliphatic carbocycles. The number of carbonyl (C=O) groups is 1. The minimum absolute atomic E-state index is 0.0828. The van der Waals surface area contributed by atoms with Gasteiger partial charge in [0.15, 0.2) is 16.4 Å². The molecule has 4 rings (SSSR count). The molecule has 0 unspecified atom stereocenters. The summed E-state index contributed by atoms with van der Waals surface area (Å²) >= 11 is 6.37. The zero-order chi connectivity index (χ0) is 21.5. The molecule has 2 aromatic carbocycles. The van der Waals surface area contributed by atoms with Crippen LogP contribution in [0.2, 0.25) is 5.15 Å². The number of rotatable bonds is 4. The van der Waals surface area contributed by atoms with E-state index in [0.29, 0.717) is 22.2 Å². The summed E-state index contributed by atoms with van der Waals surface area (Å²) in [7, 11) is 0. The number of fused-ring (bicyclic) bond motifs is 1. The molecule has 0 fully saturated rings. The number of amides is 1. The summed E-state index contributed by atoms with van der Waals surface area (Å²) in [6.07, 6.45) is 1.45. The van der Waals surface area contributed by atoms with Gasteiger partial charge in [0.1, 0.15) is 5.82 Å². The van der Waals surface area contributed by atoms with Crippen molar-refractivity contribution in [1.82, 2.24) is 14.9 Å². The fraction of sp³-hybridized carbons (Fsp3) is 0.227. The Labute approximate surface area is 177 Å². The highest BCUT2D eigenvalue weighted by Crippen LogP contribution is 2.29. The van der Waals surface area contributed by atoms with Crippen LogP contribution in [-0.2, 0) is 12.0 Å². The Hall–Kier alpha value is -3.19. The van der Waals surface area contributed by atoms with E-state index >= 15 is 0 Å². The summed E-state index contributed by atoms with van der Waals surface area (Å²) in [4.78, 5) is 12.8. The first-order valence-corrected chi connectivity index (χ1v) is 9.77. The highest BCUT2D eigenvalue weighted by molar-refractivity contribution is 6.33. The molecule has 0 saturated heterocycles. The predicted octanol–water partition coefficient (Wildman–Crippen LogP) is 5.41. The maximum Gasteiger partial charge on any atom is 0.278 e. The normalized spacial score (nSPS) is 11.8. The van der Waals surface area contributed by atoms with Gasteiger partial charge in [0.05, 0.1) is 23.8 Å². The molecular weight excluding hydrogens is 407 g/mol. The molecule has 8 heteroatoms. The van der Waals surface area contributed by atoms with Crippen LogP contribution in [0.3, 0.4) is 0 Å². The van der Waals surface area contributed by atoms with Crippen LogP contribution in [0.15, 0.2) is 53.2 Å². The average molecular weight is 427 g/mol. The first-order valence-electron chi connectivity index (χ1n) is 9.39. The molecule has 2 heterocycles. The van der Waals surface area contributed by atoms with Crippen molar-refractivity contribution in [3.63, 3.8) is 0 Å². The largest absolute Gasteiger partial charge is 0.355 e. The number of nitrogens with zero attached hydrogens (tertiary/aromatic N) is 3. The molecule has 0 atom stereocenters. The Morgan fingerprint density at radius 2 is 2.03 bits per heavy atom. The fourth-order valence-corrected chi connectivity index (χ4v) is 3.32. The van der Waals surface area contributed by atoms with Gasteiger partial charge in [0, 0.05) is 0 Å². The average Bonchev–Trinajstić information content (AvgIpc) is 3.25. The molecule has 30 heavy (non-hydrogen) atoms. The molecule has 0 aliphatic heterocycles. The van der Waals surface area contributed by atoms with Crippen molar-refractivity contribution >= 4 is 34.2 Å². The lowest BCUT2D eigenvalue weighted by Gasteiger charge is -2.18. The molecule has 1 amide bonds. The van der Waals surface area contributed by atoms with Gasteiger partial charge in [0.25, 0.3) is 5.91 Å². The van der Waals surface area contributed by atoms with E-state index < -0.39 is 5.91 Å². The van der Waals surface area contributed by atoms with Gasteiger partial charge in [-0.25, -0.2) is 9.07 Å². The number of hydrogen-bond acceptors (Lipinski definition) is 4. The lowest BCUT2D eigenvalue weighted by molar-refractivity contribution is 0.102. The van der Waals surface area contributed by atoms with E-state index in [4.69, 9.17) is 16.1 Å². The van der Waals surface area contributed by atoms with Gasteiger partial charge in [-0.15, -0.1) is 0 Å². The number of carbonyl (C=O) groups excluding carboxylic acids is 1. The van der Waals surface area contributed by atoms with E-state index in [2.05, 4.69) is 36.3 Å². The smallest absolute Gasteiger partial charge is 0.278 e. The van der Waals surface area contributed by atoms with Crippen LogP contribution in [0.4, 0.5) is 10.1 Å². The molecule has 1 N–H and O–H groups in total. The predicted molar refractivity (Wildman–Crippen MR) is 113 cm³/mol. The summed E-state index contributed by atoms with van der Waals surface area (Å²) in [5.74, 6) is -0.788. The number of aromatic nitrogens is 3. The number of hydrogen-bond donors (Lipinski definition) is 1. The van der Waals surface area contributed by atoms with Crippen molar-refractivity contribution in [3.05, 3.63) is 76.5 Å². The monoisotopic (exact) mass is 426 g/mol. The van der Waals surface area contributed by atoms with Crippen LogP contribution >= 0.6 is 11.6 Å². The molecule has 0 saturated carbocycles. The van der Waals surface area contributed by atoms with E-state index in [9.17, 15) is 9.18 Å². The molecule has 6 nitrogen and oxygen atoms in total. The number of nitrogens with one attached hydrogen (secondary N) is 1. The highest BCUT2D eigenvalue weighted by atomic mass is 35.5. The zero-order valence-electron chi connectivity index (χ0n) is 16.7. The fourth-order valence-electron chi connectivity index (χ4n) is 3.12. The lowest BCUT2D eigenvalue weighted by Crippen LogP contribution is -2.14. The first-order chi connectivity index (χ1) is 14.2. The second-order valence-corrected chi connectivity index (χ2v) is 8.44. The van der Waals surface area contributed by atoms with Crippen LogP contribution in [0, 0.1) is 5.82 Å². The Morgan fingerprint density at radius 3 is 2.77 bits per heavy atom. The molecule has 154 valence electrons. The van der Waals surface area contributed by atoms with Crippen LogP contribution in [0.1, 0.15) is 42.4 Å². The maximum absolute atomic E-state index is 13.4. The summed E-state index contributed by atoms with van der Waals surface area (Å²) < 4.78 is 20.2. The van der Waals surface area contributed by atoms with E-state index in [1.165, 1.54) is 23.0 Å². The van der Waals surface area contributed by atoms with Gasteiger partial charge in [-0.3, -0.25) is 4.79 Å². The van der Waals surface area contributed by atoms with Gasteiger partial charge >= 0.3 is 0 Å². The summed E-state index contributed by atoms with van der Waals surface area (Å²) in [5.41, 5.74) is 2.72. The standard InChI is InChI=1S/C22H20ClFN4O2/c1-22(2,3)14-7-8-18-16(10-14)19(27-30-18)21(29)26-17-11-25-28(20(17)23)12-13-5-4-6-15(24)9-13/h4-11H,12H2,1-3H3,(H,26,29). The minimum Gasteiger partial charge on any atom is -0.355 e. The van der Waals surface area contributed by atoms with Gasteiger partial charge in [-0.05, 0) is 40.8 Å². The topological polar surface area (TPSA) is 73.0 Å². The Kier molecular flexibility index (Phi) is 5.07. The van der Waals surface area contributed by atoms with E-state index in [1.54, 1.807) is 12.1 Å². The second-order valence-electron chi connectivity index (χ2n) is 8.08. The quantitative estimate of drug-likeness (QED) is 0.473. The molecular formula is C22H20ClFN4O2. The summed E-state index contributed by atoms with van der Waals surface area (Å²) in [6, 6.07) is 11.8. The van der Waals surface area contributed by atoms with Crippen LogP contribution in [-0.4, -0.2) is 20.8 Å². The number of anilines is 1. The Balaban J connectivity index is 1.58. The van der Waals surface area contributed by atoms with Crippen molar-refractivity contribution < 1.29 is 13.7 Å². The van der Waals surface area contributed by atoms with Gasteiger partial charge in [0.2, 0.25) is 0 Å². The minimum atomic E-state index is -0.452. The lowest BCUT2D eigenvalue weighted by atomic mass is 9.86. The van der Waals surface area contributed by atoms with E-state index in [0.717, 1.165) is 5.56 Å². The van der Waals surface area contributed by atoms with Crippen molar-refractivity contribution in [3.8, 4) is 0 Å². The van der Waals surface area contributed by atoms with Gasteiger partial charge in [-0.2, -0.15) is 5.10 Å². The first kappa shape index (κ1) is 20.1. The summed E-state index contributed by atoms with van der Waals surface area (Å²) in [6.45, 7) is 6.55. The molecule has 0 spiro atoms. The summed E-state index contributed by atoms with van der Waals surface area (Å²) in [5, 5.41) is 11.7. The van der Waals surface area contributed by atoms with E-state index in [-0.39, 0.29) is 28.6 Å². The zero-order valence-corrected chi connectivity index (χ0v) is 17.5. The Morgan fingerprint density at radius 1 is 1.23 bits per heavy atom. The third-order valence-corrected chi connectivity index (χ3v) is 5.19. The number of halogens is 2. The second kappa shape index (κ2) is 7.57. The van der Waals surface area contributed by atoms with Crippen LogP contribution in [0.5, 0.6) is 0 Å². The highest BCUT2D eigenvalue weighted by Gasteiger charge is 2.21. The number of benzene rings is 2. The van der Waals surface area contributed by atoms with Crippen molar-refractivity contribution in [2.45, 2.75) is 32.7 Å².